The van der Waals surface area contributed by atoms with Gasteiger partial charge in [-0.25, -0.2) is 8.42 Å². The van der Waals surface area contributed by atoms with E-state index in [2.05, 4.69) is 12.1 Å². The first kappa shape index (κ1) is 15.7. The second-order valence-electron chi connectivity index (χ2n) is 6.18. The van der Waals surface area contributed by atoms with Gasteiger partial charge in [-0.2, -0.15) is 5.26 Å². The maximum Gasteiger partial charge on any atom is 0.235 e. The van der Waals surface area contributed by atoms with Gasteiger partial charge in [-0.1, -0.05) is 30.3 Å². The van der Waals surface area contributed by atoms with Gasteiger partial charge in [0, 0.05) is 6.54 Å². The molecule has 0 unspecified atom stereocenters. The normalized spacial score (nSPS) is 16.0. The van der Waals surface area contributed by atoms with E-state index in [-0.39, 0.29) is 5.75 Å². The maximum absolute atomic E-state index is 12.0. The number of anilines is 1. The zero-order chi connectivity index (χ0) is 17.4. The Labute approximate surface area is 147 Å². The SMILES string of the molecule is N#Cc1ccc2cc(-c3ccc(N4CCCS4(=O)=O)cc3)ccc2c1. The number of fused-ring (bicyclic) bond motifs is 1. The van der Waals surface area contributed by atoms with Crippen LogP contribution in [0.3, 0.4) is 0 Å². The molecule has 0 bridgehead atoms. The molecule has 0 N–H and O–H groups in total. The Hall–Kier alpha value is -2.84. The van der Waals surface area contributed by atoms with Crippen molar-refractivity contribution in [1.82, 2.24) is 0 Å². The first-order valence-electron chi connectivity index (χ1n) is 8.12. The Morgan fingerprint density at radius 1 is 0.880 bits per heavy atom. The maximum atomic E-state index is 12.0. The molecular weight excluding hydrogens is 332 g/mol. The minimum atomic E-state index is -3.15. The summed E-state index contributed by atoms with van der Waals surface area (Å²) in [6.07, 6.45) is 0.680. The third-order valence-corrected chi connectivity index (χ3v) is 6.43. The first-order chi connectivity index (χ1) is 12.1. The molecule has 1 saturated heterocycles. The highest BCUT2D eigenvalue weighted by molar-refractivity contribution is 7.93. The third kappa shape index (κ3) is 2.86. The minimum absolute atomic E-state index is 0.226. The van der Waals surface area contributed by atoms with Crippen molar-refractivity contribution in [3.8, 4) is 17.2 Å². The Kier molecular flexibility index (Phi) is 3.70. The van der Waals surface area contributed by atoms with Crippen molar-refractivity contribution in [1.29, 1.82) is 5.26 Å². The van der Waals surface area contributed by atoms with E-state index in [4.69, 9.17) is 5.26 Å². The second kappa shape index (κ2) is 5.91. The van der Waals surface area contributed by atoms with Crippen molar-refractivity contribution in [2.45, 2.75) is 6.42 Å². The van der Waals surface area contributed by atoms with Crippen LogP contribution in [0.4, 0.5) is 5.69 Å². The number of rotatable bonds is 2. The van der Waals surface area contributed by atoms with Gasteiger partial charge in [-0.15, -0.1) is 0 Å². The van der Waals surface area contributed by atoms with E-state index < -0.39 is 10.0 Å². The van der Waals surface area contributed by atoms with Crippen molar-refractivity contribution in [3.63, 3.8) is 0 Å². The number of benzene rings is 3. The predicted molar refractivity (Wildman–Crippen MR) is 99.8 cm³/mol. The van der Waals surface area contributed by atoms with E-state index in [1.54, 1.807) is 0 Å². The highest BCUT2D eigenvalue weighted by Gasteiger charge is 2.28. The number of hydrogen-bond acceptors (Lipinski definition) is 3. The van der Waals surface area contributed by atoms with Crippen LogP contribution < -0.4 is 4.31 Å². The van der Waals surface area contributed by atoms with Gasteiger partial charge in [-0.05, 0) is 58.7 Å². The van der Waals surface area contributed by atoms with Gasteiger partial charge in [0.2, 0.25) is 10.0 Å². The van der Waals surface area contributed by atoms with E-state index in [1.807, 2.05) is 54.6 Å². The predicted octanol–water partition coefficient (Wildman–Crippen LogP) is 3.92. The summed E-state index contributed by atoms with van der Waals surface area (Å²) < 4.78 is 25.5. The van der Waals surface area contributed by atoms with Crippen molar-refractivity contribution < 1.29 is 8.42 Å². The summed E-state index contributed by atoms with van der Waals surface area (Å²) in [5.41, 5.74) is 3.47. The van der Waals surface area contributed by atoms with Crippen molar-refractivity contribution in [3.05, 3.63) is 66.2 Å². The van der Waals surface area contributed by atoms with Gasteiger partial charge in [0.15, 0.2) is 0 Å². The topological polar surface area (TPSA) is 61.2 Å². The molecular formula is C20H16N2O2S. The Balaban J connectivity index is 1.68. The smallest absolute Gasteiger partial charge is 0.235 e. The van der Waals surface area contributed by atoms with Gasteiger partial charge in [0.1, 0.15) is 0 Å². The fourth-order valence-corrected chi connectivity index (χ4v) is 4.81. The van der Waals surface area contributed by atoms with Crippen LogP contribution in [0.5, 0.6) is 0 Å². The van der Waals surface area contributed by atoms with E-state index in [0.717, 1.165) is 27.6 Å². The zero-order valence-electron chi connectivity index (χ0n) is 13.5. The molecule has 5 heteroatoms. The van der Waals surface area contributed by atoms with Crippen LogP contribution in [0.15, 0.2) is 60.7 Å². The lowest BCUT2D eigenvalue weighted by atomic mass is 10.00. The van der Waals surface area contributed by atoms with Crippen LogP contribution in [0, 0.1) is 11.3 Å². The van der Waals surface area contributed by atoms with E-state index >= 15 is 0 Å². The van der Waals surface area contributed by atoms with E-state index in [1.165, 1.54) is 4.31 Å². The third-order valence-electron chi connectivity index (χ3n) is 4.56. The van der Waals surface area contributed by atoms with Crippen molar-refractivity contribution in [2.75, 3.05) is 16.6 Å². The van der Waals surface area contributed by atoms with Gasteiger partial charge in [0.25, 0.3) is 0 Å². The fraction of sp³-hybridized carbons (Fsp3) is 0.150. The molecule has 3 aromatic carbocycles. The Morgan fingerprint density at radius 2 is 1.56 bits per heavy atom. The Morgan fingerprint density at radius 3 is 2.24 bits per heavy atom. The summed E-state index contributed by atoms with van der Waals surface area (Å²) in [6.45, 7) is 0.554. The van der Waals surface area contributed by atoms with Gasteiger partial charge < -0.3 is 0 Å². The molecule has 1 aliphatic rings. The summed E-state index contributed by atoms with van der Waals surface area (Å²) in [7, 11) is -3.15. The van der Waals surface area contributed by atoms with Crippen LogP contribution in [0.2, 0.25) is 0 Å². The minimum Gasteiger partial charge on any atom is -0.270 e. The molecule has 0 amide bonds. The molecule has 1 fully saturated rings. The van der Waals surface area contributed by atoms with Crippen LogP contribution in [0.25, 0.3) is 21.9 Å². The highest BCUT2D eigenvalue weighted by atomic mass is 32.2. The molecule has 0 atom stereocenters. The molecule has 4 nitrogen and oxygen atoms in total. The van der Waals surface area contributed by atoms with Gasteiger partial charge in [-0.3, -0.25) is 4.31 Å². The molecule has 0 saturated carbocycles. The van der Waals surface area contributed by atoms with Crippen LogP contribution >= 0.6 is 0 Å². The highest BCUT2D eigenvalue weighted by Crippen LogP contribution is 2.29. The van der Waals surface area contributed by atoms with Crippen LogP contribution in [-0.2, 0) is 10.0 Å². The summed E-state index contributed by atoms with van der Waals surface area (Å²) in [4.78, 5) is 0. The molecule has 0 spiro atoms. The largest absolute Gasteiger partial charge is 0.270 e. The van der Waals surface area contributed by atoms with E-state index in [0.29, 0.717) is 18.5 Å². The molecule has 3 aromatic rings. The fourth-order valence-electron chi connectivity index (χ4n) is 3.24. The summed E-state index contributed by atoms with van der Waals surface area (Å²) >= 11 is 0. The lowest BCUT2D eigenvalue weighted by molar-refractivity contribution is 0.599. The molecule has 0 aliphatic carbocycles. The summed E-state index contributed by atoms with van der Waals surface area (Å²) in [6, 6.07) is 21.5. The average Bonchev–Trinajstić information content (AvgIpc) is 3.00. The molecule has 0 aromatic heterocycles. The average molecular weight is 348 g/mol. The van der Waals surface area contributed by atoms with E-state index in [9.17, 15) is 8.42 Å². The molecule has 4 rings (SSSR count). The number of sulfonamides is 1. The second-order valence-corrected chi connectivity index (χ2v) is 8.19. The molecule has 1 aliphatic heterocycles. The molecule has 25 heavy (non-hydrogen) atoms. The number of nitriles is 1. The monoisotopic (exact) mass is 348 g/mol. The molecule has 0 radical (unpaired) electrons. The first-order valence-corrected chi connectivity index (χ1v) is 9.72. The number of hydrogen-bond donors (Lipinski definition) is 0. The van der Waals surface area contributed by atoms with Gasteiger partial charge in [0.05, 0.1) is 23.1 Å². The lowest BCUT2D eigenvalue weighted by Crippen LogP contribution is -2.24. The standard InChI is InChI=1S/C20H16N2O2S/c21-14-15-2-3-19-13-18(5-4-17(19)12-15)16-6-8-20(9-7-16)22-10-1-11-25(22,23)24/h2-9,12-13H,1,10-11H2. The van der Waals surface area contributed by atoms with Crippen molar-refractivity contribution in [2.24, 2.45) is 0 Å². The molecule has 124 valence electrons. The lowest BCUT2D eigenvalue weighted by Gasteiger charge is -2.17. The van der Waals surface area contributed by atoms with Crippen LogP contribution in [0.1, 0.15) is 12.0 Å². The zero-order valence-corrected chi connectivity index (χ0v) is 14.3. The molecule has 1 heterocycles. The summed E-state index contributed by atoms with van der Waals surface area (Å²) in [5.74, 6) is 0.226. The quantitative estimate of drug-likeness (QED) is 0.705. The summed E-state index contributed by atoms with van der Waals surface area (Å²) in [5, 5.41) is 11.1. The van der Waals surface area contributed by atoms with Crippen LogP contribution in [-0.4, -0.2) is 20.7 Å². The number of nitrogens with zero attached hydrogens (tertiary/aromatic N) is 2. The van der Waals surface area contributed by atoms with Gasteiger partial charge >= 0.3 is 0 Å². The Bertz CT molecular complexity index is 1100. The van der Waals surface area contributed by atoms with Crippen molar-refractivity contribution >= 4 is 26.5 Å².